The SMILES string of the molecule is O=C1C=CC(OC(=O)c2c3ccccc3c(-c3ccccc3)c3ccccc23)O1. The predicted molar refractivity (Wildman–Crippen MR) is 111 cm³/mol. The smallest absolute Gasteiger partial charge is 0.342 e. The predicted octanol–water partition coefficient (Wildman–Crippen LogP) is 5.26. The molecule has 0 saturated heterocycles. The molecule has 0 fully saturated rings. The van der Waals surface area contributed by atoms with E-state index >= 15 is 0 Å². The molecule has 5 rings (SSSR count). The topological polar surface area (TPSA) is 52.6 Å². The second-order valence-electron chi connectivity index (χ2n) is 6.78. The van der Waals surface area contributed by atoms with Crippen molar-refractivity contribution in [3.8, 4) is 11.1 Å². The molecule has 0 amide bonds. The first kappa shape index (κ1) is 17.2. The maximum absolute atomic E-state index is 13.1. The number of esters is 2. The summed E-state index contributed by atoms with van der Waals surface area (Å²) in [6.45, 7) is 0. The molecule has 1 aliphatic rings. The minimum Gasteiger partial charge on any atom is -0.418 e. The Kier molecular flexibility index (Phi) is 4.10. The van der Waals surface area contributed by atoms with E-state index in [0.717, 1.165) is 32.7 Å². The Morgan fingerprint density at radius 1 is 0.759 bits per heavy atom. The summed E-state index contributed by atoms with van der Waals surface area (Å²) in [5, 5.41) is 3.51. The molecule has 1 unspecified atom stereocenters. The molecule has 0 spiro atoms. The Morgan fingerprint density at radius 2 is 1.31 bits per heavy atom. The van der Waals surface area contributed by atoms with E-state index in [-0.39, 0.29) is 0 Å². The number of rotatable bonds is 3. The quantitative estimate of drug-likeness (QED) is 0.360. The summed E-state index contributed by atoms with van der Waals surface area (Å²) in [6.07, 6.45) is 1.69. The molecule has 4 aromatic rings. The van der Waals surface area contributed by atoms with Crippen molar-refractivity contribution in [2.24, 2.45) is 0 Å². The number of hydrogen-bond acceptors (Lipinski definition) is 4. The standard InChI is InChI=1S/C25H16O4/c26-21-14-15-22(28-21)29-25(27)24-19-12-6-4-10-17(19)23(16-8-2-1-3-9-16)18-11-5-7-13-20(18)24/h1-15,22H. The fourth-order valence-corrected chi connectivity index (χ4v) is 3.84. The van der Waals surface area contributed by atoms with Crippen LogP contribution in [0.3, 0.4) is 0 Å². The van der Waals surface area contributed by atoms with Crippen LogP contribution in [0, 0.1) is 0 Å². The number of carbonyl (C=O) groups is 2. The molecule has 0 N–H and O–H groups in total. The Labute approximate surface area is 167 Å². The molecule has 0 aromatic heterocycles. The van der Waals surface area contributed by atoms with Gasteiger partial charge in [-0.15, -0.1) is 0 Å². The minimum absolute atomic E-state index is 0.465. The lowest BCUT2D eigenvalue weighted by molar-refractivity contribution is -0.151. The number of ether oxygens (including phenoxy) is 2. The average molecular weight is 380 g/mol. The zero-order chi connectivity index (χ0) is 19.8. The molecule has 1 aliphatic heterocycles. The van der Waals surface area contributed by atoms with Crippen LogP contribution in [0.1, 0.15) is 10.4 Å². The summed E-state index contributed by atoms with van der Waals surface area (Å²) in [4.78, 5) is 24.4. The van der Waals surface area contributed by atoms with Crippen LogP contribution in [0.4, 0.5) is 0 Å². The summed E-state index contributed by atoms with van der Waals surface area (Å²) < 4.78 is 10.4. The van der Waals surface area contributed by atoms with Crippen molar-refractivity contribution in [3.63, 3.8) is 0 Å². The second kappa shape index (κ2) is 6.91. The fourth-order valence-electron chi connectivity index (χ4n) is 3.84. The van der Waals surface area contributed by atoms with Gasteiger partial charge in [-0.2, -0.15) is 0 Å². The first-order chi connectivity index (χ1) is 14.2. The number of benzene rings is 4. The molecule has 1 atom stereocenters. The van der Waals surface area contributed by atoms with Gasteiger partial charge in [-0.1, -0.05) is 78.9 Å². The normalized spacial score (nSPS) is 15.6. The Morgan fingerprint density at radius 3 is 1.86 bits per heavy atom. The number of fused-ring (bicyclic) bond motifs is 2. The highest BCUT2D eigenvalue weighted by atomic mass is 16.7. The molecular formula is C25H16O4. The monoisotopic (exact) mass is 380 g/mol. The van der Waals surface area contributed by atoms with E-state index in [1.165, 1.54) is 12.2 Å². The minimum atomic E-state index is -0.999. The maximum atomic E-state index is 13.1. The lowest BCUT2D eigenvalue weighted by Crippen LogP contribution is -2.18. The van der Waals surface area contributed by atoms with Gasteiger partial charge in [0.25, 0.3) is 6.29 Å². The number of carbonyl (C=O) groups excluding carboxylic acids is 2. The van der Waals surface area contributed by atoms with Crippen LogP contribution >= 0.6 is 0 Å². The zero-order valence-corrected chi connectivity index (χ0v) is 15.4. The Hall–Kier alpha value is -3.92. The molecule has 0 bridgehead atoms. The largest absolute Gasteiger partial charge is 0.418 e. The number of cyclic esters (lactones) is 1. The fraction of sp³-hybridized carbons (Fsp3) is 0.0400. The first-order valence-electron chi connectivity index (χ1n) is 9.31. The van der Waals surface area contributed by atoms with E-state index in [4.69, 9.17) is 9.47 Å². The van der Waals surface area contributed by atoms with Crippen molar-refractivity contribution in [1.29, 1.82) is 0 Å². The van der Waals surface area contributed by atoms with Gasteiger partial charge in [0.2, 0.25) is 0 Å². The van der Waals surface area contributed by atoms with E-state index in [1.54, 1.807) is 0 Å². The van der Waals surface area contributed by atoms with Crippen LogP contribution in [0.25, 0.3) is 32.7 Å². The molecule has 0 radical (unpaired) electrons. The summed E-state index contributed by atoms with van der Waals surface area (Å²) in [5.74, 6) is -1.04. The maximum Gasteiger partial charge on any atom is 0.342 e. The highest BCUT2D eigenvalue weighted by Crippen LogP contribution is 2.39. The third kappa shape index (κ3) is 2.95. The molecular weight excluding hydrogens is 364 g/mol. The molecule has 4 aromatic carbocycles. The van der Waals surface area contributed by atoms with Gasteiger partial charge in [-0.05, 0) is 32.7 Å². The van der Waals surface area contributed by atoms with Crippen LogP contribution in [-0.2, 0) is 14.3 Å². The third-order valence-corrected chi connectivity index (χ3v) is 5.04. The molecule has 1 heterocycles. The van der Waals surface area contributed by atoms with Crippen LogP contribution in [-0.4, -0.2) is 18.2 Å². The van der Waals surface area contributed by atoms with Crippen LogP contribution in [0.2, 0.25) is 0 Å². The lowest BCUT2D eigenvalue weighted by Gasteiger charge is -2.17. The third-order valence-electron chi connectivity index (χ3n) is 5.04. The van der Waals surface area contributed by atoms with E-state index in [1.807, 2.05) is 66.7 Å². The van der Waals surface area contributed by atoms with Gasteiger partial charge in [0.05, 0.1) is 5.56 Å². The Balaban J connectivity index is 1.78. The van der Waals surface area contributed by atoms with Gasteiger partial charge in [-0.3, -0.25) is 0 Å². The first-order valence-corrected chi connectivity index (χ1v) is 9.31. The van der Waals surface area contributed by atoms with Crippen molar-refractivity contribution < 1.29 is 19.1 Å². The summed E-state index contributed by atoms with van der Waals surface area (Å²) in [6, 6.07) is 25.7. The van der Waals surface area contributed by atoms with E-state index in [9.17, 15) is 9.59 Å². The second-order valence-corrected chi connectivity index (χ2v) is 6.78. The summed E-state index contributed by atoms with van der Waals surface area (Å²) in [5.41, 5.74) is 2.61. The van der Waals surface area contributed by atoms with Gasteiger partial charge >= 0.3 is 11.9 Å². The van der Waals surface area contributed by atoms with Crippen molar-refractivity contribution >= 4 is 33.5 Å². The number of hydrogen-bond donors (Lipinski definition) is 0. The highest BCUT2D eigenvalue weighted by molar-refractivity contribution is 6.23. The molecule has 4 nitrogen and oxygen atoms in total. The van der Waals surface area contributed by atoms with Crippen LogP contribution in [0.15, 0.2) is 91.0 Å². The zero-order valence-electron chi connectivity index (χ0n) is 15.4. The van der Waals surface area contributed by atoms with E-state index in [2.05, 4.69) is 12.1 Å². The molecule has 4 heteroatoms. The van der Waals surface area contributed by atoms with E-state index in [0.29, 0.717) is 5.56 Å². The van der Waals surface area contributed by atoms with E-state index < -0.39 is 18.2 Å². The van der Waals surface area contributed by atoms with Gasteiger partial charge in [-0.25, -0.2) is 9.59 Å². The van der Waals surface area contributed by atoms with Gasteiger partial charge in [0, 0.05) is 12.2 Å². The molecule has 0 aliphatic carbocycles. The van der Waals surface area contributed by atoms with Crippen molar-refractivity contribution in [2.45, 2.75) is 6.29 Å². The highest BCUT2D eigenvalue weighted by Gasteiger charge is 2.25. The Bertz CT molecular complexity index is 1230. The van der Waals surface area contributed by atoms with Gasteiger partial charge in [0.15, 0.2) is 0 Å². The lowest BCUT2D eigenvalue weighted by atomic mass is 9.88. The summed E-state index contributed by atoms with van der Waals surface area (Å²) >= 11 is 0. The van der Waals surface area contributed by atoms with Crippen LogP contribution in [0.5, 0.6) is 0 Å². The summed E-state index contributed by atoms with van der Waals surface area (Å²) in [7, 11) is 0. The molecule has 29 heavy (non-hydrogen) atoms. The van der Waals surface area contributed by atoms with Gasteiger partial charge < -0.3 is 9.47 Å². The van der Waals surface area contributed by atoms with Crippen LogP contribution < -0.4 is 0 Å². The molecule has 0 saturated carbocycles. The van der Waals surface area contributed by atoms with Crippen molar-refractivity contribution in [2.75, 3.05) is 0 Å². The van der Waals surface area contributed by atoms with Crippen molar-refractivity contribution in [3.05, 3.63) is 96.6 Å². The van der Waals surface area contributed by atoms with Crippen molar-refractivity contribution in [1.82, 2.24) is 0 Å². The average Bonchev–Trinajstić information content (AvgIpc) is 3.16. The van der Waals surface area contributed by atoms with Gasteiger partial charge in [0.1, 0.15) is 0 Å². The molecule has 140 valence electrons.